The molecule has 0 aromatic heterocycles. The third kappa shape index (κ3) is 4.91. The number of benzene rings is 2. The third-order valence-corrected chi connectivity index (χ3v) is 5.83. The molecule has 0 radical (unpaired) electrons. The zero-order valence-corrected chi connectivity index (χ0v) is 14.8. The topological polar surface area (TPSA) is 24.1 Å². The van der Waals surface area contributed by atoms with Gasteiger partial charge in [0.15, 0.2) is 0 Å². The maximum absolute atomic E-state index is 3.73. The molecule has 2 nitrogen and oxygen atoms in total. The molecule has 0 saturated carbocycles. The van der Waals surface area contributed by atoms with E-state index in [1.807, 2.05) is 0 Å². The molecule has 2 N–H and O–H groups in total. The molecule has 0 amide bonds. The molecule has 2 rings (SSSR count). The van der Waals surface area contributed by atoms with Crippen molar-refractivity contribution in [2.24, 2.45) is 0 Å². The first-order valence-corrected chi connectivity index (χ1v) is 9.40. The zero-order valence-electron chi connectivity index (χ0n) is 14.0. The summed E-state index contributed by atoms with van der Waals surface area (Å²) in [6.45, 7) is 8.83. The summed E-state index contributed by atoms with van der Waals surface area (Å²) in [6.07, 6.45) is 0. The quantitative estimate of drug-likeness (QED) is 0.604. The van der Waals surface area contributed by atoms with Crippen molar-refractivity contribution in [2.75, 3.05) is 0 Å². The molecule has 0 aliphatic heterocycles. The lowest BCUT2D eigenvalue weighted by Crippen LogP contribution is -2.49. The van der Waals surface area contributed by atoms with E-state index in [-0.39, 0.29) is 5.91 Å². The fourth-order valence-corrected chi connectivity index (χ4v) is 5.23. The van der Waals surface area contributed by atoms with Crippen LogP contribution in [0.15, 0.2) is 60.7 Å². The Labute approximate surface area is 136 Å². The van der Waals surface area contributed by atoms with Gasteiger partial charge < -0.3 is 0 Å². The molecule has 3 heteroatoms. The lowest BCUT2D eigenvalue weighted by molar-refractivity contribution is 0.455. The summed E-state index contributed by atoms with van der Waals surface area (Å²) in [7, 11) is -0.502. The summed E-state index contributed by atoms with van der Waals surface area (Å²) >= 11 is 0. The predicted molar refractivity (Wildman–Crippen MR) is 99.4 cm³/mol. The SMILES string of the molecule is CC(C)NC(NC(C)C)P(c1ccccc1)c1ccccc1. The second-order valence-corrected chi connectivity index (χ2v) is 8.38. The predicted octanol–water partition coefficient (Wildman–Crippen LogP) is 3.40. The average molecular weight is 314 g/mol. The minimum Gasteiger partial charge on any atom is -0.296 e. The lowest BCUT2D eigenvalue weighted by atomic mass is 10.4. The fraction of sp³-hybridized carbons (Fsp3) is 0.368. The van der Waals surface area contributed by atoms with Crippen LogP contribution in [0.5, 0.6) is 0 Å². The molecule has 2 aromatic rings. The smallest absolute Gasteiger partial charge is 0.0862 e. The van der Waals surface area contributed by atoms with Crippen LogP contribution in [-0.4, -0.2) is 18.0 Å². The Balaban J connectivity index is 2.41. The summed E-state index contributed by atoms with van der Waals surface area (Å²) in [4.78, 5) is 0. The van der Waals surface area contributed by atoms with Crippen molar-refractivity contribution in [1.82, 2.24) is 10.6 Å². The van der Waals surface area contributed by atoms with Gasteiger partial charge in [-0.2, -0.15) is 0 Å². The summed E-state index contributed by atoms with van der Waals surface area (Å²) in [5.41, 5.74) is 0. The lowest BCUT2D eigenvalue weighted by Gasteiger charge is -2.33. The van der Waals surface area contributed by atoms with Crippen LogP contribution in [0.2, 0.25) is 0 Å². The Morgan fingerprint density at radius 3 is 1.32 bits per heavy atom. The molecule has 2 aromatic carbocycles. The largest absolute Gasteiger partial charge is 0.296 e. The van der Waals surface area contributed by atoms with Gasteiger partial charge in [0.2, 0.25) is 0 Å². The summed E-state index contributed by atoms with van der Waals surface area (Å²) in [5.74, 6) is 0.264. The summed E-state index contributed by atoms with van der Waals surface area (Å²) in [6, 6.07) is 22.6. The molecule has 0 heterocycles. The highest BCUT2D eigenvalue weighted by atomic mass is 31.1. The van der Waals surface area contributed by atoms with Gasteiger partial charge >= 0.3 is 0 Å². The molecular formula is C19H27N2P. The molecule has 0 bridgehead atoms. The van der Waals surface area contributed by atoms with Crippen molar-refractivity contribution >= 4 is 18.5 Å². The Hall–Kier alpha value is -1.21. The molecule has 0 unspecified atom stereocenters. The van der Waals surface area contributed by atoms with E-state index >= 15 is 0 Å². The van der Waals surface area contributed by atoms with Crippen LogP contribution in [0, 0.1) is 0 Å². The van der Waals surface area contributed by atoms with E-state index in [1.165, 1.54) is 10.6 Å². The van der Waals surface area contributed by atoms with E-state index in [9.17, 15) is 0 Å². The van der Waals surface area contributed by atoms with E-state index in [1.54, 1.807) is 0 Å². The molecule has 0 spiro atoms. The number of hydrogen-bond donors (Lipinski definition) is 2. The summed E-state index contributed by atoms with van der Waals surface area (Å²) < 4.78 is 0. The normalized spacial score (nSPS) is 11.8. The van der Waals surface area contributed by atoms with Crippen molar-refractivity contribution in [2.45, 2.75) is 45.7 Å². The van der Waals surface area contributed by atoms with Crippen molar-refractivity contribution in [3.63, 3.8) is 0 Å². The Morgan fingerprint density at radius 1 is 0.636 bits per heavy atom. The van der Waals surface area contributed by atoms with Gasteiger partial charge in [-0.05, 0) is 46.2 Å². The Bertz CT molecular complexity index is 490. The standard InChI is InChI=1S/C19H27N2P/c1-15(2)20-19(21-16(3)4)22(17-11-7-5-8-12-17)18-13-9-6-10-14-18/h5-16,19-21H,1-4H3. The van der Waals surface area contributed by atoms with Crippen molar-refractivity contribution in [3.05, 3.63) is 60.7 Å². The van der Waals surface area contributed by atoms with Gasteiger partial charge in [-0.15, -0.1) is 0 Å². The summed E-state index contributed by atoms with van der Waals surface area (Å²) in [5, 5.41) is 10.2. The Kier molecular flexibility index (Phi) is 6.57. The molecule has 0 atom stereocenters. The number of nitrogens with one attached hydrogen (secondary N) is 2. The van der Waals surface area contributed by atoms with E-state index < -0.39 is 7.92 Å². The van der Waals surface area contributed by atoms with Crippen LogP contribution in [0.3, 0.4) is 0 Å². The second-order valence-electron chi connectivity index (χ2n) is 6.09. The first kappa shape index (κ1) is 17.1. The molecular weight excluding hydrogens is 287 g/mol. The van der Waals surface area contributed by atoms with E-state index in [4.69, 9.17) is 0 Å². The minimum atomic E-state index is -0.502. The molecule has 0 aliphatic rings. The van der Waals surface area contributed by atoms with E-state index in [0.717, 1.165) is 0 Å². The van der Waals surface area contributed by atoms with Gasteiger partial charge in [-0.25, -0.2) is 0 Å². The van der Waals surface area contributed by atoms with Gasteiger partial charge in [0.1, 0.15) is 0 Å². The van der Waals surface area contributed by atoms with Gasteiger partial charge in [-0.1, -0.05) is 60.7 Å². The highest BCUT2D eigenvalue weighted by Gasteiger charge is 2.25. The maximum Gasteiger partial charge on any atom is 0.0862 e. The third-order valence-electron chi connectivity index (χ3n) is 3.31. The fourth-order valence-electron chi connectivity index (χ4n) is 2.45. The van der Waals surface area contributed by atoms with Crippen molar-refractivity contribution in [1.29, 1.82) is 0 Å². The van der Waals surface area contributed by atoms with Crippen LogP contribution in [0.25, 0.3) is 0 Å². The van der Waals surface area contributed by atoms with Gasteiger partial charge in [0.05, 0.1) is 5.91 Å². The van der Waals surface area contributed by atoms with Gasteiger partial charge in [0.25, 0.3) is 0 Å². The first-order valence-electron chi connectivity index (χ1n) is 7.99. The van der Waals surface area contributed by atoms with Crippen LogP contribution in [0.4, 0.5) is 0 Å². The highest BCUT2D eigenvalue weighted by Crippen LogP contribution is 2.37. The Morgan fingerprint density at radius 2 is 1.00 bits per heavy atom. The van der Waals surface area contributed by atoms with Crippen LogP contribution >= 0.6 is 7.92 Å². The van der Waals surface area contributed by atoms with Crippen LogP contribution in [0.1, 0.15) is 27.7 Å². The van der Waals surface area contributed by atoms with Crippen LogP contribution in [-0.2, 0) is 0 Å². The maximum atomic E-state index is 3.73. The zero-order chi connectivity index (χ0) is 15.9. The van der Waals surface area contributed by atoms with Crippen molar-refractivity contribution < 1.29 is 0 Å². The number of hydrogen-bond acceptors (Lipinski definition) is 2. The first-order chi connectivity index (χ1) is 10.6. The highest BCUT2D eigenvalue weighted by molar-refractivity contribution is 7.73. The molecule has 22 heavy (non-hydrogen) atoms. The van der Waals surface area contributed by atoms with E-state index in [2.05, 4.69) is 99.0 Å². The van der Waals surface area contributed by atoms with E-state index in [0.29, 0.717) is 12.1 Å². The molecule has 118 valence electrons. The average Bonchev–Trinajstić information content (AvgIpc) is 2.48. The molecule has 0 aliphatic carbocycles. The number of rotatable bonds is 7. The van der Waals surface area contributed by atoms with Gasteiger partial charge in [0, 0.05) is 12.1 Å². The minimum absolute atomic E-state index is 0.264. The molecule has 0 saturated heterocycles. The monoisotopic (exact) mass is 314 g/mol. The van der Waals surface area contributed by atoms with Crippen molar-refractivity contribution in [3.8, 4) is 0 Å². The molecule has 0 fully saturated rings. The van der Waals surface area contributed by atoms with Crippen LogP contribution < -0.4 is 21.2 Å². The second kappa shape index (κ2) is 8.43. The van der Waals surface area contributed by atoms with Gasteiger partial charge in [-0.3, -0.25) is 10.6 Å².